The van der Waals surface area contributed by atoms with Gasteiger partial charge in [-0.15, -0.1) is 0 Å². The fourth-order valence-corrected chi connectivity index (χ4v) is 4.16. The zero-order chi connectivity index (χ0) is 15.5. The molecule has 3 N–H and O–H groups in total. The molecule has 122 valence electrons. The molecule has 3 unspecified atom stereocenters. The van der Waals surface area contributed by atoms with Crippen LogP contribution in [0.5, 0.6) is 0 Å². The van der Waals surface area contributed by atoms with Gasteiger partial charge in [-0.2, -0.15) is 0 Å². The Morgan fingerprint density at radius 2 is 2.24 bits per heavy atom. The van der Waals surface area contributed by atoms with E-state index in [1.165, 1.54) is 25.9 Å². The van der Waals surface area contributed by atoms with Crippen molar-refractivity contribution in [1.29, 1.82) is 0 Å². The molecule has 0 aromatic rings. The quantitative estimate of drug-likeness (QED) is 0.755. The van der Waals surface area contributed by atoms with Gasteiger partial charge in [0.2, 0.25) is 5.91 Å². The fourth-order valence-electron chi connectivity index (χ4n) is 4.16. The van der Waals surface area contributed by atoms with Crippen LogP contribution in [-0.2, 0) is 4.79 Å². The van der Waals surface area contributed by atoms with Gasteiger partial charge < -0.3 is 20.9 Å². The van der Waals surface area contributed by atoms with E-state index in [1.807, 2.05) is 6.92 Å². The molecule has 1 heterocycles. The van der Waals surface area contributed by atoms with Crippen LogP contribution >= 0.6 is 0 Å². The van der Waals surface area contributed by atoms with Crippen molar-refractivity contribution in [2.75, 3.05) is 40.3 Å². The van der Waals surface area contributed by atoms with Crippen molar-refractivity contribution in [3.05, 3.63) is 0 Å². The minimum atomic E-state index is -0.488. The van der Waals surface area contributed by atoms with Gasteiger partial charge in [0.1, 0.15) is 0 Å². The first kappa shape index (κ1) is 16.7. The molecule has 5 nitrogen and oxygen atoms in total. The molecule has 3 atom stereocenters. The van der Waals surface area contributed by atoms with Crippen molar-refractivity contribution in [3.63, 3.8) is 0 Å². The van der Waals surface area contributed by atoms with E-state index in [0.29, 0.717) is 6.04 Å². The molecule has 1 saturated heterocycles. The van der Waals surface area contributed by atoms with E-state index in [-0.39, 0.29) is 5.91 Å². The number of likely N-dealkylation sites (tertiary alicyclic amines) is 1. The summed E-state index contributed by atoms with van der Waals surface area (Å²) in [5.74, 6) is 0.590. The van der Waals surface area contributed by atoms with Crippen molar-refractivity contribution in [2.45, 2.75) is 50.6 Å². The maximum absolute atomic E-state index is 12.0. The topological polar surface area (TPSA) is 61.6 Å². The normalized spacial score (nSPS) is 34.5. The second-order valence-corrected chi connectivity index (χ2v) is 7.08. The van der Waals surface area contributed by atoms with E-state index in [4.69, 9.17) is 5.73 Å². The number of hydrogen-bond donors (Lipinski definition) is 2. The lowest BCUT2D eigenvalue weighted by molar-refractivity contribution is -0.126. The highest BCUT2D eigenvalue weighted by atomic mass is 16.1. The number of carbonyl (C=O) groups is 1. The average Bonchev–Trinajstić information content (AvgIpc) is 2.84. The third kappa shape index (κ3) is 3.96. The first-order valence-electron chi connectivity index (χ1n) is 8.40. The number of primary amides is 1. The van der Waals surface area contributed by atoms with Crippen LogP contribution in [0.2, 0.25) is 0 Å². The highest BCUT2D eigenvalue weighted by Crippen LogP contribution is 2.31. The number of carbonyl (C=O) groups excluding carboxylic acids is 1. The number of nitrogens with two attached hydrogens (primary N) is 1. The van der Waals surface area contributed by atoms with Crippen LogP contribution in [-0.4, -0.2) is 67.6 Å². The SMILES string of the molecule is CCNC1(C(N)=O)CCCC(N(C)CC2CCN(C)C2)C1. The lowest BCUT2D eigenvalue weighted by Crippen LogP contribution is -2.60. The number of likely N-dealkylation sites (N-methyl/N-ethyl adjacent to an activating group) is 1. The minimum absolute atomic E-state index is 0.178. The Bertz CT molecular complexity index is 358. The predicted molar refractivity (Wildman–Crippen MR) is 86.1 cm³/mol. The van der Waals surface area contributed by atoms with Crippen LogP contribution in [0.1, 0.15) is 39.0 Å². The fraction of sp³-hybridized carbons (Fsp3) is 0.938. The molecule has 1 aliphatic carbocycles. The molecule has 2 rings (SSSR count). The molecule has 21 heavy (non-hydrogen) atoms. The van der Waals surface area contributed by atoms with Gasteiger partial charge in [0.15, 0.2) is 0 Å². The Balaban J connectivity index is 1.94. The Morgan fingerprint density at radius 1 is 1.48 bits per heavy atom. The molecule has 1 amide bonds. The molecule has 5 heteroatoms. The molecule has 2 aliphatic rings. The van der Waals surface area contributed by atoms with Gasteiger partial charge in [-0.05, 0) is 65.2 Å². The highest BCUT2D eigenvalue weighted by Gasteiger charge is 2.42. The van der Waals surface area contributed by atoms with Gasteiger partial charge in [0, 0.05) is 19.1 Å². The Labute approximate surface area is 129 Å². The van der Waals surface area contributed by atoms with Crippen molar-refractivity contribution >= 4 is 5.91 Å². The number of amides is 1. The maximum Gasteiger partial charge on any atom is 0.237 e. The first-order chi connectivity index (χ1) is 9.97. The summed E-state index contributed by atoms with van der Waals surface area (Å²) in [6, 6.07) is 0.469. The van der Waals surface area contributed by atoms with E-state index in [9.17, 15) is 4.79 Å². The summed E-state index contributed by atoms with van der Waals surface area (Å²) in [4.78, 5) is 16.8. The molecule has 1 saturated carbocycles. The van der Waals surface area contributed by atoms with Crippen molar-refractivity contribution < 1.29 is 4.79 Å². The third-order valence-corrected chi connectivity index (χ3v) is 5.37. The van der Waals surface area contributed by atoms with E-state index in [0.717, 1.165) is 38.3 Å². The van der Waals surface area contributed by atoms with Crippen molar-refractivity contribution in [1.82, 2.24) is 15.1 Å². The van der Waals surface area contributed by atoms with Gasteiger partial charge >= 0.3 is 0 Å². The molecule has 0 aromatic heterocycles. The van der Waals surface area contributed by atoms with Gasteiger partial charge in [0.05, 0.1) is 5.54 Å². The van der Waals surface area contributed by atoms with Crippen LogP contribution in [0.4, 0.5) is 0 Å². The number of rotatable bonds is 6. The second kappa shape index (κ2) is 7.07. The third-order valence-electron chi connectivity index (χ3n) is 5.37. The largest absolute Gasteiger partial charge is 0.368 e. The van der Waals surface area contributed by atoms with Gasteiger partial charge in [-0.25, -0.2) is 0 Å². The summed E-state index contributed by atoms with van der Waals surface area (Å²) in [5.41, 5.74) is 5.22. The molecule has 2 fully saturated rings. The first-order valence-corrected chi connectivity index (χ1v) is 8.40. The van der Waals surface area contributed by atoms with Crippen LogP contribution in [0.15, 0.2) is 0 Å². The number of hydrogen-bond acceptors (Lipinski definition) is 4. The lowest BCUT2D eigenvalue weighted by atomic mass is 9.77. The zero-order valence-corrected chi connectivity index (χ0v) is 13.9. The number of nitrogens with zero attached hydrogens (tertiary/aromatic N) is 2. The molecular weight excluding hydrogens is 264 g/mol. The van der Waals surface area contributed by atoms with Crippen LogP contribution in [0.25, 0.3) is 0 Å². The lowest BCUT2D eigenvalue weighted by Gasteiger charge is -2.43. The summed E-state index contributed by atoms with van der Waals surface area (Å²) in [6.45, 7) is 6.40. The Morgan fingerprint density at radius 3 is 2.81 bits per heavy atom. The summed E-state index contributed by atoms with van der Waals surface area (Å²) in [7, 11) is 4.41. The second-order valence-electron chi connectivity index (χ2n) is 7.08. The van der Waals surface area contributed by atoms with E-state index in [2.05, 4.69) is 29.2 Å². The minimum Gasteiger partial charge on any atom is -0.368 e. The number of nitrogens with one attached hydrogen (secondary N) is 1. The summed E-state index contributed by atoms with van der Waals surface area (Å²) in [6.07, 6.45) is 5.29. The highest BCUT2D eigenvalue weighted by molar-refractivity contribution is 5.84. The maximum atomic E-state index is 12.0. The molecule has 0 bridgehead atoms. The standard InChI is InChI=1S/C16H32N4O/c1-4-18-16(15(17)21)8-5-6-14(10-16)20(3)12-13-7-9-19(2)11-13/h13-14,18H,4-12H2,1-3H3,(H2,17,21). The van der Waals surface area contributed by atoms with Crippen molar-refractivity contribution in [2.24, 2.45) is 11.7 Å². The van der Waals surface area contributed by atoms with Crippen molar-refractivity contribution in [3.8, 4) is 0 Å². The van der Waals surface area contributed by atoms with E-state index in [1.54, 1.807) is 0 Å². The molecule has 1 aliphatic heterocycles. The monoisotopic (exact) mass is 296 g/mol. The average molecular weight is 296 g/mol. The smallest absolute Gasteiger partial charge is 0.237 e. The Kier molecular flexibility index (Phi) is 5.63. The predicted octanol–water partition coefficient (Wildman–Crippen LogP) is 0.646. The summed E-state index contributed by atoms with van der Waals surface area (Å²) < 4.78 is 0. The van der Waals surface area contributed by atoms with E-state index >= 15 is 0 Å². The van der Waals surface area contributed by atoms with Crippen LogP contribution in [0, 0.1) is 5.92 Å². The van der Waals surface area contributed by atoms with E-state index < -0.39 is 5.54 Å². The van der Waals surface area contributed by atoms with Gasteiger partial charge in [-0.1, -0.05) is 6.92 Å². The summed E-state index contributed by atoms with van der Waals surface area (Å²) in [5, 5.41) is 3.37. The summed E-state index contributed by atoms with van der Waals surface area (Å²) >= 11 is 0. The molecule has 0 aromatic carbocycles. The van der Waals surface area contributed by atoms with Crippen LogP contribution in [0.3, 0.4) is 0 Å². The molecular formula is C16H32N4O. The Hall–Kier alpha value is -0.650. The van der Waals surface area contributed by atoms with Gasteiger partial charge in [-0.3, -0.25) is 4.79 Å². The molecule has 0 spiro atoms. The van der Waals surface area contributed by atoms with Gasteiger partial charge in [0.25, 0.3) is 0 Å². The molecule has 0 radical (unpaired) electrons. The van der Waals surface area contributed by atoms with Crippen LogP contribution < -0.4 is 11.1 Å². The zero-order valence-electron chi connectivity index (χ0n) is 13.9.